The van der Waals surface area contributed by atoms with Crippen molar-refractivity contribution >= 4 is 11.7 Å². The Balaban J connectivity index is 0.000000561. The predicted molar refractivity (Wildman–Crippen MR) is 44.5 cm³/mol. The van der Waals surface area contributed by atoms with E-state index in [-0.39, 0.29) is 5.56 Å². The van der Waals surface area contributed by atoms with Crippen molar-refractivity contribution in [3.63, 3.8) is 0 Å². The number of para-hydroxylation sites is 1. The lowest BCUT2D eigenvalue weighted by molar-refractivity contribution is 0.0698. The normalized spacial score (nSPS) is 7.83. The minimum absolute atomic E-state index is 0.155. The number of carbonyl (C=O) groups is 1. The van der Waals surface area contributed by atoms with E-state index in [1.165, 1.54) is 6.07 Å². The zero-order valence-corrected chi connectivity index (χ0v) is 6.27. The molecule has 0 fully saturated rings. The van der Waals surface area contributed by atoms with E-state index in [1.54, 1.807) is 18.2 Å². The lowest BCUT2D eigenvalue weighted by atomic mass is 10.2. The Kier molecular flexibility index (Phi) is 3.94. The minimum Gasteiger partial charge on any atom is -0.478 e. The Hall–Kier alpha value is -2.02. The molecule has 0 radical (unpaired) electrons. The fraction of sp³-hybridized carbons (Fsp3) is 0. The van der Waals surface area contributed by atoms with Crippen LogP contribution in [0.2, 0.25) is 0 Å². The number of rotatable bonds is 1. The van der Waals surface area contributed by atoms with Crippen LogP contribution < -0.4 is 5.73 Å². The average Bonchev–Trinajstić information content (AvgIpc) is 2.08. The standard InChI is InChI=1S/C7H7NO2.CHN/c8-6-4-2-1-3-5(6)7(9)10;1-2/h1-4H,8H2,(H,9,10);1H. The summed E-state index contributed by atoms with van der Waals surface area (Å²) in [5.41, 5.74) is 5.80. The molecule has 0 aliphatic rings. The topological polar surface area (TPSA) is 87.1 Å². The van der Waals surface area contributed by atoms with Crippen molar-refractivity contribution in [2.45, 2.75) is 0 Å². The fourth-order valence-electron chi connectivity index (χ4n) is 0.692. The summed E-state index contributed by atoms with van der Waals surface area (Å²) in [5.74, 6) is -0.988. The van der Waals surface area contributed by atoms with Gasteiger partial charge in [-0.2, -0.15) is 0 Å². The number of hydrogen-bond acceptors (Lipinski definition) is 3. The number of nitrogens with two attached hydrogens (primary N) is 1. The molecule has 0 amide bonds. The molecule has 0 saturated carbocycles. The second-order valence-electron chi connectivity index (χ2n) is 1.89. The second-order valence-corrected chi connectivity index (χ2v) is 1.89. The molecule has 1 rings (SSSR count). The van der Waals surface area contributed by atoms with E-state index in [1.807, 2.05) is 0 Å². The molecular formula is C8H8N2O2. The van der Waals surface area contributed by atoms with Crippen LogP contribution in [0.1, 0.15) is 10.4 Å². The molecule has 0 atom stereocenters. The van der Waals surface area contributed by atoms with Crippen LogP contribution in [0.15, 0.2) is 24.3 Å². The van der Waals surface area contributed by atoms with Crippen molar-refractivity contribution in [1.82, 2.24) is 0 Å². The molecule has 4 heteroatoms. The van der Waals surface area contributed by atoms with Crippen molar-refractivity contribution in [2.24, 2.45) is 0 Å². The second kappa shape index (κ2) is 4.74. The van der Waals surface area contributed by atoms with Gasteiger partial charge >= 0.3 is 5.97 Å². The largest absolute Gasteiger partial charge is 0.478 e. The molecular weight excluding hydrogens is 156 g/mol. The van der Waals surface area contributed by atoms with E-state index in [0.717, 1.165) is 0 Å². The number of hydrogen-bond donors (Lipinski definition) is 2. The first-order chi connectivity index (χ1) is 5.72. The third kappa shape index (κ3) is 2.31. The first-order valence-corrected chi connectivity index (χ1v) is 3.05. The molecule has 1 aromatic rings. The van der Waals surface area contributed by atoms with Gasteiger partial charge in [0.2, 0.25) is 0 Å². The highest BCUT2D eigenvalue weighted by Gasteiger charge is 2.03. The SMILES string of the molecule is C#N.Nc1ccccc1C(=O)O. The molecule has 12 heavy (non-hydrogen) atoms. The lowest BCUT2D eigenvalue weighted by Crippen LogP contribution is -2.00. The van der Waals surface area contributed by atoms with Crippen LogP contribution in [0, 0.1) is 11.8 Å². The monoisotopic (exact) mass is 164 g/mol. The van der Waals surface area contributed by atoms with Crippen molar-refractivity contribution in [2.75, 3.05) is 5.73 Å². The Morgan fingerprint density at radius 2 is 1.92 bits per heavy atom. The molecule has 0 aromatic heterocycles. The molecule has 0 aliphatic heterocycles. The maximum atomic E-state index is 10.3. The zero-order valence-electron chi connectivity index (χ0n) is 6.27. The predicted octanol–water partition coefficient (Wildman–Crippen LogP) is 1.11. The van der Waals surface area contributed by atoms with Gasteiger partial charge in [-0.1, -0.05) is 12.1 Å². The number of carboxylic acid groups (broad SMARTS) is 1. The van der Waals surface area contributed by atoms with Gasteiger partial charge in [-0.25, -0.2) is 10.1 Å². The number of nitrogen functional groups attached to an aromatic ring is 1. The molecule has 1 aromatic carbocycles. The first kappa shape index (κ1) is 9.98. The molecule has 0 unspecified atom stereocenters. The Labute approximate surface area is 69.9 Å². The van der Waals surface area contributed by atoms with E-state index in [4.69, 9.17) is 16.1 Å². The minimum atomic E-state index is -0.988. The Bertz CT molecular complexity index is 294. The molecule has 0 saturated heterocycles. The summed E-state index contributed by atoms with van der Waals surface area (Å²) in [7, 11) is 0. The summed E-state index contributed by atoms with van der Waals surface area (Å²) < 4.78 is 0. The van der Waals surface area contributed by atoms with Gasteiger partial charge < -0.3 is 10.8 Å². The quantitative estimate of drug-likeness (QED) is 0.608. The van der Waals surface area contributed by atoms with Gasteiger partial charge in [-0.3, -0.25) is 0 Å². The van der Waals surface area contributed by atoms with Crippen molar-refractivity contribution in [3.8, 4) is 6.57 Å². The van der Waals surface area contributed by atoms with Crippen molar-refractivity contribution in [1.29, 1.82) is 5.26 Å². The first-order valence-electron chi connectivity index (χ1n) is 3.05. The summed E-state index contributed by atoms with van der Waals surface area (Å²) in [5, 5.41) is 15.0. The highest BCUT2D eigenvalue weighted by Crippen LogP contribution is 2.08. The number of aromatic carboxylic acids is 1. The van der Waals surface area contributed by atoms with Crippen LogP contribution in [0.25, 0.3) is 0 Å². The maximum Gasteiger partial charge on any atom is 0.337 e. The van der Waals surface area contributed by atoms with Crippen LogP contribution in [0.3, 0.4) is 0 Å². The van der Waals surface area contributed by atoms with Crippen LogP contribution >= 0.6 is 0 Å². The fourth-order valence-corrected chi connectivity index (χ4v) is 0.692. The number of nitrogens with zero attached hydrogens (tertiary/aromatic N) is 1. The number of nitriles is 1. The molecule has 3 N–H and O–H groups in total. The highest BCUT2D eigenvalue weighted by atomic mass is 16.4. The summed E-state index contributed by atoms with van der Waals surface area (Å²) in [6, 6.07) is 6.36. The maximum absolute atomic E-state index is 10.3. The van der Waals surface area contributed by atoms with Crippen LogP contribution in [-0.4, -0.2) is 11.1 Å². The molecule has 0 spiro atoms. The average molecular weight is 164 g/mol. The molecule has 0 bridgehead atoms. The number of carboxylic acids is 1. The van der Waals surface area contributed by atoms with Crippen LogP contribution in [0.5, 0.6) is 0 Å². The van der Waals surface area contributed by atoms with E-state index >= 15 is 0 Å². The molecule has 62 valence electrons. The zero-order chi connectivity index (χ0) is 9.56. The van der Waals surface area contributed by atoms with Crippen LogP contribution in [0.4, 0.5) is 5.69 Å². The summed E-state index contributed by atoms with van der Waals surface area (Å²) >= 11 is 0. The van der Waals surface area contributed by atoms with E-state index in [2.05, 4.69) is 6.57 Å². The van der Waals surface area contributed by atoms with Gasteiger partial charge in [-0.05, 0) is 12.1 Å². The van der Waals surface area contributed by atoms with Gasteiger partial charge in [0.25, 0.3) is 0 Å². The Morgan fingerprint density at radius 3 is 2.25 bits per heavy atom. The summed E-state index contributed by atoms with van der Waals surface area (Å²) in [6.07, 6.45) is 0. The van der Waals surface area contributed by atoms with Gasteiger partial charge in [0, 0.05) is 12.3 Å². The van der Waals surface area contributed by atoms with E-state index in [9.17, 15) is 4.79 Å². The van der Waals surface area contributed by atoms with Gasteiger partial charge in [0.15, 0.2) is 0 Å². The summed E-state index contributed by atoms with van der Waals surface area (Å²) in [4.78, 5) is 10.3. The number of benzene rings is 1. The van der Waals surface area contributed by atoms with E-state index < -0.39 is 5.97 Å². The molecule has 0 aliphatic carbocycles. The highest BCUT2D eigenvalue weighted by molar-refractivity contribution is 5.93. The summed E-state index contributed by atoms with van der Waals surface area (Å²) in [6.45, 7) is 3.50. The van der Waals surface area contributed by atoms with Gasteiger partial charge in [0.1, 0.15) is 0 Å². The lowest BCUT2D eigenvalue weighted by Gasteiger charge is -1.96. The van der Waals surface area contributed by atoms with E-state index in [0.29, 0.717) is 5.69 Å². The van der Waals surface area contributed by atoms with Crippen molar-refractivity contribution < 1.29 is 9.90 Å². The van der Waals surface area contributed by atoms with Gasteiger partial charge in [-0.15, -0.1) is 0 Å². The molecule has 0 heterocycles. The molecule has 4 nitrogen and oxygen atoms in total. The third-order valence-corrected chi connectivity index (χ3v) is 1.19. The smallest absolute Gasteiger partial charge is 0.337 e. The number of anilines is 1. The van der Waals surface area contributed by atoms with Crippen LogP contribution in [-0.2, 0) is 0 Å². The van der Waals surface area contributed by atoms with Gasteiger partial charge in [0.05, 0.1) is 5.56 Å². The van der Waals surface area contributed by atoms with Crippen molar-refractivity contribution in [3.05, 3.63) is 29.8 Å². The third-order valence-electron chi connectivity index (χ3n) is 1.19. The Morgan fingerprint density at radius 1 is 1.42 bits per heavy atom.